The van der Waals surface area contributed by atoms with Crippen molar-refractivity contribution < 1.29 is 33.3 Å². The van der Waals surface area contributed by atoms with Gasteiger partial charge in [0, 0.05) is 6.54 Å². The number of nitrogens with zero attached hydrogens (tertiary/aromatic N) is 1. The molecule has 2 aromatic rings. The molecule has 1 heterocycles. The molecule has 10 heteroatoms. The zero-order valence-corrected chi connectivity index (χ0v) is 24.2. The molecule has 9 nitrogen and oxygen atoms in total. The fraction of sp³-hybridized carbons (Fsp3) is 0.464. The molecule has 38 heavy (non-hydrogen) atoms. The Morgan fingerprint density at radius 3 is 2.21 bits per heavy atom. The SMILES string of the molecule is CC(C)(C)OC(=O)c1c(NC(=O)OCc2ccccc2)ccc(Br)c1OC[C@H]1CCN1C(=O)OC(C)(C)C. The number of esters is 1. The quantitative estimate of drug-likeness (QED) is 0.288. The summed E-state index contributed by atoms with van der Waals surface area (Å²) in [5.41, 5.74) is -0.365. The lowest BCUT2D eigenvalue weighted by molar-refractivity contribution is -0.0148. The van der Waals surface area contributed by atoms with Crippen molar-refractivity contribution in [3.8, 4) is 5.75 Å². The molecule has 2 aromatic carbocycles. The molecule has 0 unspecified atom stereocenters. The fourth-order valence-corrected chi connectivity index (χ4v) is 4.00. The number of carbonyl (C=O) groups excluding carboxylic acids is 3. The summed E-state index contributed by atoms with van der Waals surface area (Å²) in [6.45, 7) is 11.4. The van der Waals surface area contributed by atoms with E-state index in [1.54, 1.807) is 37.8 Å². The van der Waals surface area contributed by atoms with Crippen LogP contribution in [0.15, 0.2) is 46.9 Å². The standard InChI is InChI=1S/C28H35BrN2O7/c1-27(2,3)37-24(32)22-21(30-25(33)36-16-18-10-8-7-9-11-18)13-12-20(29)23(22)35-17-19-14-15-31(19)26(34)38-28(4,5)6/h7-13,19H,14-17H2,1-6H3,(H,30,33)/t19-/m1/s1. The van der Waals surface area contributed by atoms with E-state index in [-0.39, 0.29) is 36.3 Å². The first kappa shape index (κ1) is 29.3. The van der Waals surface area contributed by atoms with E-state index in [0.29, 0.717) is 11.0 Å². The highest BCUT2D eigenvalue weighted by Crippen LogP contribution is 2.37. The van der Waals surface area contributed by atoms with Crippen molar-refractivity contribution >= 4 is 39.8 Å². The van der Waals surface area contributed by atoms with E-state index in [0.717, 1.165) is 12.0 Å². The largest absolute Gasteiger partial charge is 0.489 e. The zero-order valence-electron chi connectivity index (χ0n) is 22.6. The first-order valence-corrected chi connectivity index (χ1v) is 13.2. The van der Waals surface area contributed by atoms with Gasteiger partial charge in [-0.3, -0.25) is 5.32 Å². The molecule has 0 radical (unpaired) electrons. The highest BCUT2D eigenvalue weighted by Gasteiger charge is 2.36. The molecule has 3 rings (SSSR count). The Hall–Kier alpha value is -3.27. The van der Waals surface area contributed by atoms with E-state index in [2.05, 4.69) is 21.2 Å². The summed E-state index contributed by atoms with van der Waals surface area (Å²) < 4.78 is 23.0. The summed E-state index contributed by atoms with van der Waals surface area (Å²) >= 11 is 3.45. The van der Waals surface area contributed by atoms with Gasteiger partial charge in [0.25, 0.3) is 0 Å². The van der Waals surface area contributed by atoms with Gasteiger partial charge in [0.2, 0.25) is 0 Å². The molecule has 206 valence electrons. The second-order valence-electron chi connectivity index (χ2n) is 10.9. The summed E-state index contributed by atoms with van der Waals surface area (Å²) in [6, 6.07) is 12.2. The van der Waals surface area contributed by atoms with Crippen LogP contribution in [0.3, 0.4) is 0 Å². The molecule has 1 aliphatic heterocycles. The lowest BCUT2D eigenvalue weighted by atomic mass is 10.1. The molecule has 1 atom stereocenters. The van der Waals surface area contributed by atoms with Crippen LogP contribution in [0.25, 0.3) is 0 Å². The Morgan fingerprint density at radius 1 is 0.974 bits per heavy atom. The zero-order chi connectivity index (χ0) is 28.1. The number of likely N-dealkylation sites (tertiary alicyclic amines) is 1. The Balaban J connectivity index is 1.79. The van der Waals surface area contributed by atoms with Gasteiger partial charge in [-0.05, 0) is 81.6 Å². The maximum absolute atomic E-state index is 13.3. The Labute approximate surface area is 231 Å². The number of anilines is 1. The van der Waals surface area contributed by atoms with Gasteiger partial charge in [-0.1, -0.05) is 30.3 Å². The van der Waals surface area contributed by atoms with Crippen LogP contribution >= 0.6 is 15.9 Å². The van der Waals surface area contributed by atoms with Crippen LogP contribution < -0.4 is 10.1 Å². The number of ether oxygens (including phenoxy) is 4. The van der Waals surface area contributed by atoms with Gasteiger partial charge in [-0.15, -0.1) is 0 Å². The average molecular weight is 591 g/mol. The number of hydrogen-bond acceptors (Lipinski definition) is 7. The van der Waals surface area contributed by atoms with Gasteiger partial charge in [0.15, 0.2) is 0 Å². The molecule has 0 spiro atoms. The minimum atomic E-state index is -0.788. The van der Waals surface area contributed by atoms with Gasteiger partial charge in [0.1, 0.15) is 35.7 Å². The van der Waals surface area contributed by atoms with Gasteiger partial charge < -0.3 is 23.8 Å². The van der Waals surface area contributed by atoms with E-state index in [1.807, 2.05) is 51.1 Å². The van der Waals surface area contributed by atoms with Crippen LogP contribution in [0.5, 0.6) is 5.75 Å². The number of amides is 2. The maximum atomic E-state index is 13.3. The summed E-state index contributed by atoms with van der Waals surface area (Å²) in [7, 11) is 0. The summed E-state index contributed by atoms with van der Waals surface area (Å²) in [6.07, 6.45) is -0.426. The molecule has 0 aliphatic carbocycles. The normalized spacial score (nSPS) is 15.2. The van der Waals surface area contributed by atoms with Crippen molar-refractivity contribution in [2.45, 2.75) is 71.8 Å². The molecule has 0 bridgehead atoms. The average Bonchev–Trinajstić information content (AvgIpc) is 2.77. The molecular weight excluding hydrogens is 556 g/mol. The van der Waals surface area contributed by atoms with E-state index in [9.17, 15) is 14.4 Å². The van der Waals surface area contributed by atoms with E-state index >= 15 is 0 Å². The van der Waals surface area contributed by atoms with Crippen molar-refractivity contribution in [3.05, 3.63) is 58.1 Å². The van der Waals surface area contributed by atoms with Crippen molar-refractivity contribution in [2.75, 3.05) is 18.5 Å². The van der Waals surface area contributed by atoms with Gasteiger partial charge in [-0.2, -0.15) is 0 Å². The molecule has 0 aromatic heterocycles. The lowest BCUT2D eigenvalue weighted by Crippen LogP contribution is -2.55. The van der Waals surface area contributed by atoms with Crippen molar-refractivity contribution in [2.24, 2.45) is 0 Å². The first-order valence-electron chi connectivity index (χ1n) is 12.4. The van der Waals surface area contributed by atoms with Crippen LogP contribution in [-0.4, -0.2) is 53.5 Å². The Bertz CT molecular complexity index is 1160. The van der Waals surface area contributed by atoms with Crippen molar-refractivity contribution in [3.63, 3.8) is 0 Å². The molecule has 1 saturated heterocycles. The third kappa shape index (κ3) is 8.37. The predicted octanol–water partition coefficient (Wildman–Crippen LogP) is 6.54. The molecular formula is C28H35BrN2O7. The minimum Gasteiger partial charge on any atom is -0.489 e. The molecule has 1 N–H and O–H groups in total. The van der Waals surface area contributed by atoms with Crippen LogP contribution in [0.4, 0.5) is 15.3 Å². The topological polar surface area (TPSA) is 103 Å². The van der Waals surface area contributed by atoms with Crippen LogP contribution in [0, 0.1) is 0 Å². The molecule has 2 amide bonds. The highest BCUT2D eigenvalue weighted by molar-refractivity contribution is 9.10. The first-order chi connectivity index (χ1) is 17.7. The van der Waals surface area contributed by atoms with Crippen LogP contribution in [0.2, 0.25) is 0 Å². The minimum absolute atomic E-state index is 0.0362. The van der Waals surface area contributed by atoms with E-state index in [4.69, 9.17) is 18.9 Å². The van der Waals surface area contributed by atoms with Gasteiger partial charge >= 0.3 is 18.2 Å². The van der Waals surface area contributed by atoms with Gasteiger partial charge in [0.05, 0.1) is 16.2 Å². The van der Waals surface area contributed by atoms with Gasteiger partial charge in [-0.25, -0.2) is 14.4 Å². The molecule has 1 fully saturated rings. The third-order valence-electron chi connectivity index (χ3n) is 5.35. The number of halogens is 1. The fourth-order valence-electron chi connectivity index (χ4n) is 3.56. The number of benzene rings is 2. The second-order valence-corrected chi connectivity index (χ2v) is 11.8. The second kappa shape index (κ2) is 12.1. The van der Waals surface area contributed by atoms with Crippen molar-refractivity contribution in [1.82, 2.24) is 4.90 Å². The Kier molecular flexibility index (Phi) is 9.30. The highest BCUT2D eigenvalue weighted by atomic mass is 79.9. The molecule has 0 saturated carbocycles. The predicted molar refractivity (Wildman–Crippen MR) is 146 cm³/mol. The van der Waals surface area contributed by atoms with E-state index in [1.165, 1.54) is 0 Å². The summed E-state index contributed by atoms with van der Waals surface area (Å²) in [5.74, 6) is -0.485. The van der Waals surface area contributed by atoms with E-state index < -0.39 is 29.4 Å². The molecule has 1 aliphatic rings. The number of hydrogen-bond donors (Lipinski definition) is 1. The van der Waals surface area contributed by atoms with Crippen LogP contribution in [-0.2, 0) is 20.8 Å². The van der Waals surface area contributed by atoms with Crippen LogP contribution in [0.1, 0.15) is 63.9 Å². The summed E-state index contributed by atoms with van der Waals surface area (Å²) in [5, 5.41) is 2.64. The maximum Gasteiger partial charge on any atom is 0.411 e. The number of nitrogens with one attached hydrogen (secondary N) is 1. The smallest absolute Gasteiger partial charge is 0.411 e. The Morgan fingerprint density at radius 2 is 1.63 bits per heavy atom. The monoisotopic (exact) mass is 590 g/mol. The third-order valence-corrected chi connectivity index (χ3v) is 5.98. The van der Waals surface area contributed by atoms with Crippen molar-refractivity contribution in [1.29, 1.82) is 0 Å². The summed E-state index contributed by atoms with van der Waals surface area (Å²) in [4.78, 5) is 40.0. The number of carbonyl (C=O) groups is 3. The number of rotatable bonds is 7. The lowest BCUT2D eigenvalue weighted by Gasteiger charge is -2.41.